The molecule has 2 heterocycles. The number of carbonyl (C=O) groups excluding carboxylic acids is 1. The number of carbonyl (C=O) groups is 1. The van der Waals surface area contributed by atoms with Crippen LogP contribution in [0.5, 0.6) is 11.6 Å². The van der Waals surface area contributed by atoms with Gasteiger partial charge in [0, 0.05) is 36.3 Å². The number of nitrogens with zero attached hydrogens (tertiary/aromatic N) is 2. The first-order chi connectivity index (χ1) is 13.4. The highest BCUT2D eigenvalue weighted by Gasteiger charge is 2.36. The molecule has 146 valence electrons. The van der Waals surface area contributed by atoms with E-state index in [1.165, 1.54) is 0 Å². The molecule has 7 nitrogen and oxygen atoms in total. The highest BCUT2D eigenvalue weighted by atomic mass is 16.5. The van der Waals surface area contributed by atoms with Gasteiger partial charge in [0.2, 0.25) is 11.8 Å². The predicted molar refractivity (Wildman–Crippen MR) is 109 cm³/mol. The minimum Gasteiger partial charge on any atom is -0.496 e. The molecule has 0 radical (unpaired) electrons. The summed E-state index contributed by atoms with van der Waals surface area (Å²) in [6, 6.07) is 5.73. The van der Waals surface area contributed by atoms with Crippen molar-refractivity contribution in [3.8, 4) is 11.6 Å². The molecular weight excluding hydrogens is 356 g/mol. The number of pyridine rings is 1. The van der Waals surface area contributed by atoms with Gasteiger partial charge in [-0.25, -0.2) is 4.98 Å². The summed E-state index contributed by atoms with van der Waals surface area (Å²) in [5.41, 5.74) is 11.2. The maximum Gasteiger partial charge on any atom is 0.247 e. The Bertz CT molecular complexity index is 995. The largest absolute Gasteiger partial charge is 0.496 e. The predicted octanol–water partition coefficient (Wildman–Crippen LogP) is 2.77. The van der Waals surface area contributed by atoms with Crippen LogP contribution >= 0.6 is 0 Å². The number of nitrogens with two attached hydrogens (primary N) is 1. The SMILES string of the molecule is C/N=C/c1ccc(C2C(C(N)=O)=C(C)Nc3c(C)cnc(OC)c32)c(OC)c1. The summed E-state index contributed by atoms with van der Waals surface area (Å²) >= 11 is 0. The Kier molecular flexibility index (Phi) is 5.35. The van der Waals surface area contributed by atoms with E-state index < -0.39 is 11.8 Å². The van der Waals surface area contributed by atoms with Crippen LogP contribution in [0.2, 0.25) is 0 Å². The second-order valence-corrected chi connectivity index (χ2v) is 6.59. The van der Waals surface area contributed by atoms with E-state index in [1.807, 2.05) is 32.0 Å². The topological polar surface area (TPSA) is 98.8 Å². The van der Waals surface area contributed by atoms with Crippen LogP contribution in [0, 0.1) is 6.92 Å². The minimum absolute atomic E-state index is 0.436. The van der Waals surface area contributed by atoms with Gasteiger partial charge in [0.05, 0.1) is 31.4 Å². The van der Waals surface area contributed by atoms with Crippen LogP contribution in [-0.4, -0.2) is 38.4 Å². The van der Waals surface area contributed by atoms with Crippen molar-refractivity contribution in [3.63, 3.8) is 0 Å². The Hall–Kier alpha value is -3.35. The molecule has 2 aromatic rings. The van der Waals surface area contributed by atoms with Gasteiger partial charge in [-0.2, -0.15) is 0 Å². The highest BCUT2D eigenvalue weighted by Crippen LogP contribution is 2.48. The number of fused-ring (bicyclic) bond motifs is 1. The van der Waals surface area contributed by atoms with E-state index >= 15 is 0 Å². The lowest BCUT2D eigenvalue weighted by molar-refractivity contribution is -0.114. The minimum atomic E-state index is -0.509. The summed E-state index contributed by atoms with van der Waals surface area (Å²) in [6.45, 7) is 3.79. The molecule has 1 aromatic carbocycles. The molecule has 28 heavy (non-hydrogen) atoms. The Morgan fingerprint density at radius 2 is 2.04 bits per heavy atom. The highest BCUT2D eigenvalue weighted by molar-refractivity contribution is 5.98. The van der Waals surface area contributed by atoms with Crippen molar-refractivity contribution >= 4 is 17.8 Å². The third-order valence-corrected chi connectivity index (χ3v) is 4.87. The van der Waals surface area contributed by atoms with Crippen LogP contribution in [-0.2, 0) is 4.79 Å². The number of allylic oxidation sites excluding steroid dienone is 1. The fraction of sp³-hybridized carbons (Fsp3) is 0.286. The zero-order valence-corrected chi connectivity index (χ0v) is 16.7. The number of aryl methyl sites for hydroxylation is 1. The molecular formula is C21H24N4O3. The number of aliphatic imine (C=N–C) groups is 1. The maximum atomic E-state index is 12.4. The summed E-state index contributed by atoms with van der Waals surface area (Å²) in [7, 11) is 4.86. The van der Waals surface area contributed by atoms with Crippen molar-refractivity contribution in [2.75, 3.05) is 26.6 Å². The fourth-order valence-electron chi connectivity index (χ4n) is 3.65. The molecule has 7 heteroatoms. The van der Waals surface area contributed by atoms with Crippen molar-refractivity contribution < 1.29 is 14.3 Å². The van der Waals surface area contributed by atoms with Gasteiger partial charge in [-0.15, -0.1) is 0 Å². The zero-order chi connectivity index (χ0) is 20.4. The number of benzene rings is 1. The van der Waals surface area contributed by atoms with Crippen LogP contribution in [0.3, 0.4) is 0 Å². The molecule has 0 bridgehead atoms. The van der Waals surface area contributed by atoms with E-state index in [2.05, 4.69) is 15.3 Å². The van der Waals surface area contributed by atoms with Crippen LogP contribution in [0.1, 0.15) is 35.1 Å². The summed E-state index contributed by atoms with van der Waals surface area (Å²) in [6.07, 6.45) is 3.48. The number of primary amides is 1. The summed E-state index contributed by atoms with van der Waals surface area (Å²) in [5.74, 6) is 0.0834. The van der Waals surface area contributed by atoms with E-state index in [9.17, 15) is 4.79 Å². The molecule has 3 rings (SSSR count). The first-order valence-corrected chi connectivity index (χ1v) is 8.84. The quantitative estimate of drug-likeness (QED) is 0.777. The summed E-state index contributed by atoms with van der Waals surface area (Å²) in [5, 5.41) is 3.30. The second-order valence-electron chi connectivity index (χ2n) is 6.59. The zero-order valence-electron chi connectivity index (χ0n) is 16.7. The number of hydrogen-bond donors (Lipinski definition) is 2. The number of ether oxygens (including phenoxy) is 2. The van der Waals surface area contributed by atoms with Crippen LogP contribution in [0.4, 0.5) is 5.69 Å². The van der Waals surface area contributed by atoms with Crippen LogP contribution < -0.4 is 20.5 Å². The molecule has 0 spiro atoms. The molecule has 1 amide bonds. The molecule has 0 aliphatic carbocycles. The molecule has 0 saturated heterocycles. The van der Waals surface area contributed by atoms with Crippen molar-refractivity contribution in [3.05, 3.63) is 57.9 Å². The van der Waals surface area contributed by atoms with Crippen LogP contribution in [0.25, 0.3) is 0 Å². The standard InChI is InChI=1S/C21H24N4O3/c1-11-9-24-21(28-5)18-17(16(20(22)26)12(2)25-19(11)18)14-7-6-13(10-23-3)8-15(14)27-4/h6-10,17,25H,1-5H3,(H2,22,26)/b23-10+. The first kappa shape index (κ1) is 19.4. The first-order valence-electron chi connectivity index (χ1n) is 8.84. The van der Waals surface area contributed by atoms with Gasteiger partial charge >= 0.3 is 0 Å². The van der Waals surface area contributed by atoms with Crippen molar-refractivity contribution in [2.24, 2.45) is 10.7 Å². The monoisotopic (exact) mass is 380 g/mol. The third-order valence-electron chi connectivity index (χ3n) is 4.87. The number of amides is 1. The van der Waals surface area contributed by atoms with Crippen molar-refractivity contribution in [1.82, 2.24) is 4.98 Å². The Labute approximate surface area is 164 Å². The second kappa shape index (κ2) is 7.72. The molecule has 0 fully saturated rings. The molecule has 1 aromatic heterocycles. The van der Waals surface area contributed by atoms with Gasteiger partial charge in [0.15, 0.2) is 0 Å². The lowest BCUT2D eigenvalue weighted by Crippen LogP contribution is -2.28. The molecule has 3 N–H and O–H groups in total. The smallest absolute Gasteiger partial charge is 0.247 e. The van der Waals surface area contributed by atoms with E-state index in [1.54, 1.807) is 33.7 Å². The summed E-state index contributed by atoms with van der Waals surface area (Å²) < 4.78 is 11.2. The van der Waals surface area contributed by atoms with Crippen molar-refractivity contribution in [2.45, 2.75) is 19.8 Å². The van der Waals surface area contributed by atoms with E-state index in [0.717, 1.165) is 27.9 Å². The number of methoxy groups -OCH3 is 2. The molecule has 1 atom stereocenters. The number of anilines is 1. The fourth-order valence-corrected chi connectivity index (χ4v) is 3.65. The number of aromatic nitrogens is 1. The van der Waals surface area contributed by atoms with Gasteiger partial charge < -0.3 is 20.5 Å². The molecule has 1 aliphatic heterocycles. The summed E-state index contributed by atoms with van der Waals surface area (Å²) in [4.78, 5) is 20.9. The number of rotatable bonds is 5. The van der Waals surface area contributed by atoms with Gasteiger partial charge in [-0.1, -0.05) is 12.1 Å². The van der Waals surface area contributed by atoms with Crippen LogP contribution in [0.15, 0.2) is 40.7 Å². The lowest BCUT2D eigenvalue weighted by Gasteiger charge is -2.32. The Morgan fingerprint density at radius 3 is 2.64 bits per heavy atom. The Morgan fingerprint density at radius 1 is 1.29 bits per heavy atom. The normalized spacial score (nSPS) is 16.0. The molecule has 0 saturated carbocycles. The van der Waals surface area contributed by atoms with E-state index in [0.29, 0.717) is 22.9 Å². The van der Waals surface area contributed by atoms with Gasteiger partial charge in [-0.3, -0.25) is 9.79 Å². The molecule has 1 aliphatic rings. The average Bonchev–Trinajstić information content (AvgIpc) is 2.67. The maximum absolute atomic E-state index is 12.4. The van der Waals surface area contributed by atoms with E-state index in [-0.39, 0.29) is 0 Å². The Balaban J connectivity index is 2.35. The lowest BCUT2D eigenvalue weighted by atomic mass is 9.79. The number of hydrogen-bond acceptors (Lipinski definition) is 6. The van der Waals surface area contributed by atoms with Gasteiger partial charge in [0.25, 0.3) is 0 Å². The molecule has 1 unspecified atom stereocenters. The van der Waals surface area contributed by atoms with Crippen molar-refractivity contribution in [1.29, 1.82) is 0 Å². The third kappa shape index (κ3) is 3.19. The van der Waals surface area contributed by atoms with Gasteiger partial charge in [0.1, 0.15) is 5.75 Å². The number of nitrogens with one attached hydrogen (secondary N) is 1. The van der Waals surface area contributed by atoms with E-state index in [4.69, 9.17) is 15.2 Å². The van der Waals surface area contributed by atoms with Gasteiger partial charge in [-0.05, 0) is 31.0 Å². The average molecular weight is 380 g/mol.